The van der Waals surface area contributed by atoms with Crippen LogP contribution in [0, 0.1) is 0 Å². The van der Waals surface area contributed by atoms with Gasteiger partial charge in [0.15, 0.2) is 0 Å². The lowest BCUT2D eigenvalue weighted by Crippen LogP contribution is -2.30. The largest absolute Gasteiger partial charge is 0.312 e. The Bertz CT molecular complexity index is 369. The Morgan fingerprint density at radius 2 is 2.12 bits per heavy atom. The number of carbonyl (C=O) groups is 1. The third-order valence-corrected chi connectivity index (χ3v) is 3.87. The standard InChI is InChI=1S/C13H17NOS/c1-11(12-7-6-10-16-12)14-9-5-3-2-4-8-13(14)15/h6-7,10H,1-5,8-9H2. The van der Waals surface area contributed by atoms with Gasteiger partial charge in [-0.2, -0.15) is 0 Å². The van der Waals surface area contributed by atoms with E-state index in [0.717, 1.165) is 30.0 Å². The number of amides is 1. The average molecular weight is 235 g/mol. The molecule has 0 saturated carbocycles. The van der Waals surface area contributed by atoms with Crippen molar-refractivity contribution < 1.29 is 4.79 Å². The van der Waals surface area contributed by atoms with E-state index in [2.05, 4.69) is 6.58 Å². The highest BCUT2D eigenvalue weighted by Crippen LogP contribution is 2.25. The lowest BCUT2D eigenvalue weighted by atomic mass is 10.1. The van der Waals surface area contributed by atoms with Crippen LogP contribution >= 0.6 is 11.3 Å². The van der Waals surface area contributed by atoms with E-state index in [1.54, 1.807) is 11.3 Å². The predicted octanol–water partition coefficient (Wildman–Crippen LogP) is 3.51. The summed E-state index contributed by atoms with van der Waals surface area (Å²) in [6, 6.07) is 4.03. The third-order valence-electron chi connectivity index (χ3n) is 2.95. The van der Waals surface area contributed by atoms with Crippen molar-refractivity contribution in [3.8, 4) is 0 Å². The van der Waals surface area contributed by atoms with Gasteiger partial charge in [0.1, 0.15) is 0 Å². The molecule has 0 unspecified atom stereocenters. The van der Waals surface area contributed by atoms with Crippen LogP contribution < -0.4 is 0 Å². The van der Waals surface area contributed by atoms with Crippen LogP contribution in [0.2, 0.25) is 0 Å². The summed E-state index contributed by atoms with van der Waals surface area (Å²) in [5, 5.41) is 2.02. The van der Waals surface area contributed by atoms with E-state index >= 15 is 0 Å². The topological polar surface area (TPSA) is 20.3 Å². The number of carbonyl (C=O) groups excluding carboxylic acids is 1. The van der Waals surface area contributed by atoms with E-state index in [1.807, 2.05) is 22.4 Å². The molecule has 0 bridgehead atoms. The van der Waals surface area contributed by atoms with Crippen molar-refractivity contribution in [2.75, 3.05) is 6.54 Å². The van der Waals surface area contributed by atoms with Gasteiger partial charge in [-0.05, 0) is 24.3 Å². The summed E-state index contributed by atoms with van der Waals surface area (Å²) < 4.78 is 0. The zero-order chi connectivity index (χ0) is 11.4. The molecule has 2 rings (SSSR count). The maximum absolute atomic E-state index is 12.0. The molecule has 1 fully saturated rings. The summed E-state index contributed by atoms with van der Waals surface area (Å²) in [7, 11) is 0. The number of hydrogen-bond donors (Lipinski definition) is 0. The molecule has 1 aliphatic heterocycles. The normalized spacial score (nSPS) is 18.0. The van der Waals surface area contributed by atoms with Crippen LogP contribution in [-0.2, 0) is 4.79 Å². The molecule has 0 spiro atoms. The predicted molar refractivity (Wildman–Crippen MR) is 68.2 cm³/mol. The van der Waals surface area contributed by atoms with E-state index in [1.165, 1.54) is 12.8 Å². The van der Waals surface area contributed by atoms with Gasteiger partial charge in [-0.1, -0.05) is 25.5 Å². The van der Waals surface area contributed by atoms with Gasteiger partial charge >= 0.3 is 0 Å². The lowest BCUT2D eigenvalue weighted by Gasteiger charge is -2.26. The van der Waals surface area contributed by atoms with Gasteiger partial charge in [-0.3, -0.25) is 4.79 Å². The molecule has 2 heterocycles. The first kappa shape index (κ1) is 11.4. The minimum absolute atomic E-state index is 0.234. The molecule has 0 aliphatic carbocycles. The summed E-state index contributed by atoms with van der Waals surface area (Å²) in [5.74, 6) is 0.234. The fourth-order valence-electron chi connectivity index (χ4n) is 2.02. The minimum Gasteiger partial charge on any atom is -0.312 e. The Labute approximate surface area is 101 Å². The summed E-state index contributed by atoms with van der Waals surface area (Å²) in [5.41, 5.74) is 0.877. The van der Waals surface area contributed by atoms with Crippen LogP contribution in [0.15, 0.2) is 24.1 Å². The number of thiophene rings is 1. The summed E-state index contributed by atoms with van der Waals surface area (Å²) >= 11 is 1.65. The van der Waals surface area contributed by atoms with Crippen LogP contribution in [0.3, 0.4) is 0 Å². The van der Waals surface area contributed by atoms with Crippen molar-refractivity contribution in [1.82, 2.24) is 4.90 Å². The van der Waals surface area contributed by atoms with Gasteiger partial charge in [0.05, 0.1) is 10.6 Å². The second kappa shape index (κ2) is 5.30. The molecule has 86 valence electrons. The molecule has 2 nitrogen and oxygen atoms in total. The summed E-state index contributed by atoms with van der Waals surface area (Å²) in [6.45, 7) is 4.89. The Morgan fingerprint density at radius 3 is 2.88 bits per heavy atom. The van der Waals surface area contributed by atoms with Crippen molar-refractivity contribution in [3.05, 3.63) is 29.0 Å². The van der Waals surface area contributed by atoms with Crippen molar-refractivity contribution in [2.45, 2.75) is 32.1 Å². The smallest absolute Gasteiger partial charge is 0.227 e. The van der Waals surface area contributed by atoms with Gasteiger partial charge in [-0.15, -0.1) is 11.3 Å². The molecule has 3 heteroatoms. The van der Waals surface area contributed by atoms with E-state index in [0.29, 0.717) is 6.42 Å². The highest BCUT2D eigenvalue weighted by molar-refractivity contribution is 7.11. The molecule has 1 aromatic heterocycles. The Hall–Kier alpha value is -1.09. The zero-order valence-corrected chi connectivity index (χ0v) is 10.3. The molecule has 1 saturated heterocycles. The summed E-state index contributed by atoms with van der Waals surface area (Å²) in [6.07, 6.45) is 5.19. The number of hydrogen-bond acceptors (Lipinski definition) is 2. The minimum atomic E-state index is 0.234. The molecule has 16 heavy (non-hydrogen) atoms. The van der Waals surface area contributed by atoms with Crippen molar-refractivity contribution >= 4 is 22.9 Å². The molecule has 0 radical (unpaired) electrons. The van der Waals surface area contributed by atoms with Gasteiger partial charge in [0, 0.05) is 13.0 Å². The molecular weight excluding hydrogens is 218 g/mol. The second-order valence-electron chi connectivity index (χ2n) is 4.13. The zero-order valence-electron chi connectivity index (χ0n) is 9.45. The molecule has 1 amide bonds. The van der Waals surface area contributed by atoms with Crippen LogP contribution in [0.5, 0.6) is 0 Å². The average Bonchev–Trinajstić information content (AvgIpc) is 2.76. The molecule has 1 aliphatic rings. The number of nitrogens with zero attached hydrogens (tertiary/aromatic N) is 1. The Kier molecular flexibility index (Phi) is 3.78. The summed E-state index contributed by atoms with van der Waals surface area (Å²) in [4.78, 5) is 14.9. The van der Waals surface area contributed by atoms with Gasteiger partial charge < -0.3 is 4.90 Å². The van der Waals surface area contributed by atoms with Crippen molar-refractivity contribution in [2.24, 2.45) is 0 Å². The molecular formula is C13H17NOS. The highest BCUT2D eigenvalue weighted by atomic mass is 32.1. The maximum atomic E-state index is 12.0. The van der Waals surface area contributed by atoms with Crippen LogP contribution in [0.1, 0.15) is 37.0 Å². The SMILES string of the molecule is C=C(c1cccs1)N1CCCCCCC1=O. The number of rotatable bonds is 2. The van der Waals surface area contributed by atoms with Crippen molar-refractivity contribution in [3.63, 3.8) is 0 Å². The first-order valence-corrected chi connectivity index (χ1v) is 6.70. The number of likely N-dealkylation sites (tertiary alicyclic amines) is 1. The lowest BCUT2D eigenvalue weighted by molar-refractivity contribution is -0.128. The van der Waals surface area contributed by atoms with E-state index in [9.17, 15) is 4.79 Å². The second-order valence-corrected chi connectivity index (χ2v) is 5.08. The Morgan fingerprint density at radius 1 is 1.31 bits per heavy atom. The first-order chi connectivity index (χ1) is 7.79. The highest BCUT2D eigenvalue weighted by Gasteiger charge is 2.19. The molecule has 0 aromatic carbocycles. The van der Waals surface area contributed by atoms with Crippen LogP contribution in [0.4, 0.5) is 0 Å². The van der Waals surface area contributed by atoms with Gasteiger partial charge in [-0.25, -0.2) is 0 Å². The van der Waals surface area contributed by atoms with E-state index < -0.39 is 0 Å². The molecule has 0 atom stereocenters. The maximum Gasteiger partial charge on any atom is 0.227 e. The van der Waals surface area contributed by atoms with E-state index in [4.69, 9.17) is 0 Å². The first-order valence-electron chi connectivity index (χ1n) is 5.82. The fourth-order valence-corrected chi connectivity index (χ4v) is 2.73. The molecule has 0 N–H and O–H groups in total. The molecule has 1 aromatic rings. The van der Waals surface area contributed by atoms with Crippen LogP contribution in [0.25, 0.3) is 5.70 Å². The fraction of sp³-hybridized carbons (Fsp3) is 0.462. The Balaban J connectivity index is 2.10. The monoisotopic (exact) mass is 235 g/mol. The van der Waals surface area contributed by atoms with E-state index in [-0.39, 0.29) is 5.91 Å². The quantitative estimate of drug-likeness (QED) is 0.768. The van der Waals surface area contributed by atoms with Crippen molar-refractivity contribution in [1.29, 1.82) is 0 Å². The van der Waals surface area contributed by atoms with Crippen LogP contribution in [-0.4, -0.2) is 17.4 Å². The van der Waals surface area contributed by atoms with Gasteiger partial charge in [0.2, 0.25) is 5.91 Å². The van der Waals surface area contributed by atoms with Gasteiger partial charge in [0.25, 0.3) is 0 Å². The third kappa shape index (κ3) is 2.53.